The number of aliphatic hydroxyl groups is 1. The van der Waals surface area contributed by atoms with Crippen molar-refractivity contribution in [3.8, 4) is 5.75 Å². The number of amides is 1. The maximum absolute atomic E-state index is 12.7. The van der Waals surface area contributed by atoms with Gasteiger partial charge < -0.3 is 15.2 Å². The maximum Gasteiger partial charge on any atom is 0.287 e. The van der Waals surface area contributed by atoms with Crippen molar-refractivity contribution < 1.29 is 19.4 Å². The van der Waals surface area contributed by atoms with Crippen LogP contribution in [0.25, 0.3) is 0 Å². The van der Waals surface area contributed by atoms with Crippen molar-refractivity contribution in [1.82, 2.24) is 10.3 Å². The zero-order chi connectivity index (χ0) is 16.4. The molecular formula is C17H14N2O4. The molecule has 1 amide bonds. The molecule has 0 saturated heterocycles. The van der Waals surface area contributed by atoms with Crippen LogP contribution in [0.3, 0.4) is 0 Å². The first-order chi connectivity index (χ1) is 11.1. The molecule has 23 heavy (non-hydrogen) atoms. The molecule has 1 aliphatic rings. The first-order valence-electron chi connectivity index (χ1n) is 6.94. The number of hydrogen-bond acceptors (Lipinski definition) is 5. The number of hydrogen-bond donors (Lipinski definition) is 2. The molecule has 1 aromatic carbocycles. The summed E-state index contributed by atoms with van der Waals surface area (Å²) in [5.41, 5.74) is 1.01. The van der Waals surface area contributed by atoms with E-state index in [9.17, 15) is 14.7 Å². The van der Waals surface area contributed by atoms with Crippen LogP contribution in [-0.4, -0.2) is 28.9 Å². The monoisotopic (exact) mass is 310 g/mol. The van der Waals surface area contributed by atoms with Gasteiger partial charge in [-0.05, 0) is 35.9 Å². The second-order valence-electron chi connectivity index (χ2n) is 5.01. The molecule has 2 N–H and O–H groups in total. The lowest BCUT2D eigenvalue weighted by atomic mass is 9.94. The van der Waals surface area contributed by atoms with E-state index < -0.39 is 23.5 Å². The van der Waals surface area contributed by atoms with Crippen LogP contribution in [0.5, 0.6) is 5.75 Å². The predicted molar refractivity (Wildman–Crippen MR) is 82.1 cm³/mol. The number of aliphatic hydroxyl groups excluding tert-OH is 1. The van der Waals surface area contributed by atoms with Crippen LogP contribution in [0.1, 0.15) is 22.0 Å². The third kappa shape index (κ3) is 2.66. The minimum atomic E-state index is -0.717. The molecule has 0 spiro atoms. The zero-order valence-electron chi connectivity index (χ0n) is 12.3. The first kappa shape index (κ1) is 14.8. The van der Waals surface area contributed by atoms with Gasteiger partial charge in [-0.3, -0.25) is 14.6 Å². The normalized spacial score (nSPS) is 17.1. The second-order valence-corrected chi connectivity index (χ2v) is 5.01. The fourth-order valence-electron chi connectivity index (χ4n) is 2.46. The molecule has 6 nitrogen and oxygen atoms in total. The molecule has 1 aliphatic heterocycles. The summed E-state index contributed by atoms with van der Waals surface area (Å²) < 4.78 is 5.06. The number of carbonyl (C=O) groups is 2. The van der Waals surface area contributed by atoms with Crippen LogP contribution in [0.2, 0.25) is 0 Å². The Labute approximate surface area is 132 Å². The topological polar surface area (TPSA) is 88.5 Å². The zero-order valence-corrected chi connectivity index (χ0v) is 12.3. The van der Waals surface area contributed by atoms with Crippen molar-refractivity contribution in [2.24, 2.45) is 0 Å². The Bertz CT molecular complexity index is 782. The highest BCUT2D eigenvalue weighted by molar-refractivity contribution is 6.16. The van der Waals surface area contributed by atoms with Gasteiger partial charge in [-0.25, -0.2) is 0 Å². The van der Waals surface area contributed by atoms with Crippen molar-refractivity contribution in [2.75, 3.05) is 7.11 Å². The molecule has 1 atom stereocenters. The fraction of sp³-hybridized carbons (Fsp3) is 0.118. The van der Waals surface area contributed by atoms with Crippen molar-refractivity contribution in [1.29, 1.82) is 0 Å². The van der Waals surface area contributed by atoms with Gasteiger partial charge >= 0.3 is 0 Å². The van der Waals surface area contributed by atoms with E-state index in [2.05, 4.69) is 10.3 Å². The van der Waals surface area contributed by atoms with E-state index in [4.69, 9.17) is 4.74 Å². The maximum atomic E-state index is 12.7. The van der Waals surface area contributed by atoms with Crippen LogP contribution in [-0.2, 0) is 4.79 Å². The Balaban J connectivity index is 1.99. The van der Waals surface area contributed by atoms with E-state index in [-0.39, 0.29) is 5.57 Å². The molecule has 0 radical (unpaired) electrons. The Morgan fingerprint density at radius 3 is 2.61 bits per heavy atom. The van der Waals surface area contributed by atoms with Crippen LogP contribution in [0, 0.1) is 0 Å². The predicted octanol–water partition coefficient (Wildman–Crippen LogP) is 1.96. The molecular weight excluding hydrogens is 296 g/mol. The number of nitrogens with one attached hydrogen (secondary N) is 1. The molecule has 3 rings (SSSR count). The average molecular weight is 310 g/mol. The van der Waals surface area contributed by atoms with Crippen molar-refractivity contribution >= 4 is 11.7 Å². The minimum Gasteiger partial charge on any atom is -0.503 e. The van der Waals surface area contributed by atoms with Crippen LogP contribution >= 0.6 is 0 Å². The van der Waals surface area contributed by atoms with Gasteiger partial charge in [0.2, 0.25) is 0 Å². The number of Topliss-reactive ketones (excluding diaryl/α,β-unsaturated/α-hetero) is 1. The quantitative estimate of drug-likeness (QED) is 0.843. The van der Waals surface area contributed by atoms with Gasteiger partial charge in [0.25, 0.3) is 5.91 Å². The van der Waals surface area contributed by atoms with E-state index in [1.54, 1.807) is 48.8 Å². The highest BCUT2D eigenvalue weighted by Gasteiger charge is 2.37. The lowest BCUT2D eigenvalue weighted by Gasteiger charge is -2.14. The summed E-state index contributed by atoms with van der Waals surface area (Å²) in [5.74, 6) is -1.03. The summed E-state index contributed by atoms with van der Waals surface area (Å²) in [6, 6.07) is 9.19. The van der Waals surface area contributed by atoms with E-state index in [0.29, 0.717) is 16.9 Å². The molecule has 1 unspecified atom stereocenters. The lowest BCUT2D eigenvalue weighted by molar-refractivity contribution is -0.119. The number of ether oxygens (including phenoxy) is 1. The lowest BCUT2D eigenvalue weighted by Crippen LogP contribution is -2.23. The highest BCUT2D eigenvalue weighted by Crippen LogP contribution is 2.31. The smallest absolute Gasteiger partial charge is 0.287 e. The summed E-state index contributed by atoms with van der Waals surface area (Å²) in [6.45, 7) is 0. The number of nitrogens with zero attached hydrogens (tertiary/aromatic N) is 1. The SMILES string of the molecule is COc1ccc(C(=O)C2=C(O)C(=O)NC2c2cccnc2)cc1. The number of benzene rings is 1. The number of carbonyl (C=O) groups excluding carboxylic acids is 2. The molecule has 6 heteroatoms. The van der Waals surface area contributed by atoms with Gasteiger partial charge in [0, 0.05) is 18.0 Å². The number of methoxy groups -OCH3 is 1. The van der Waals surface area contributed by atoms with E-state index in [1.807, 2.05) is 0 Å². The Morgan fingerprint density at radius 1 is 1.26 bits per heavy atom. The third-order valence-corrected chi connectivity index (χ3v) is 3.65. The molecule has 116 valence electrons. The summed E-state index contributed by atoms with van der Waals surface area (Å²) >= 11 is 0. The standard InChI is InChI=1S/C17H14N2O4/c1-23-12-6-4-10(5-7-12)15(20)13-14(19-17(22)16(13)21)11-3-2-8-18-9-11/h2-9,14,21H,1H3,(H,19,22). The molecule has 0 aliphatic carbocycles. The Hall–Kier alpha value is -3.15. The largest absolute Gasteiger partial charge is 0.503 e. The average Bonchev–Trinajstić information content (AvgIpc) is 2.90. The Morgan fingerprint density at radius 2 is 2.00 bits per heavy atom. The van der Waals surface area contributed by atoms with Gasteiger partial charge in [0.1, 0.15) is 5.75 Å². The summed E-state index contributed by atoms with van der Waals surface area (Å²) in [6.07, 6.45) is 3.14. The van der Waals surface area contributed by atoms with Gasteiger partial charge in [-0.1, -0.05) is 6.07 Å². The molecule has 1 aromatic heterocycles. The third-order valence-electron chi connectivity index (χ3n) is 3.65. The molecule has 2 heterocycles. The minimum absolute atomic E-state index is 0.0215. The van der Waals surface area contributed by atoms with Gasteiger partial charge in [-0.15, -0.1) is 0 Å². The van der Waals surface area contributed by atoms with Crippen molar-refractivity contribution in [3.05, 3.63) is 71.3 Å². The highest BCUT2D eigenvalue weighted by atomic mass is 16.5. The number of pyridine rings is 1. The molecule has 0 fully saturated rings. The van der Waals surface area contributed by atoms with E-state index >= 15 is 0 Å². The van der Waals surface area contributed by atoms with Crippen LogP contribution in [0.15, 0.2) is 60.1 Å². The fourth-order valence-corrected chi connectivity index (χ4v) is 2.46. The van der Waals surface area contributed by atoms with E-state index in [1.165, 1.54) is 7.11 Å². The van der Waals surface area contributed by atoms with Gasteiger partial charge in [0.05, 0.1) is 18.7 Å². The summed E-state index contributed by atoms with van der Waals surface area (Å²) in [4.78, 5) is 28.5. The van der Waals surface area contributed by atoms with E-state index in [0.717, 1.165) is 0 Å². The van der Waals surface area contributed by atoms with Crippen LogP contribution < -0.4 is 10.1 Å². The molecule has 2 aromatic rings. The first-order valence-corrected chi connectivity index (χ1v) is 6.94. The van der Waals surface area contributed by atoms with Gasteiger partial charge in [-0.2, -0.15) is 0 Å². The molecule has 0 bridgehead atoms. The van der Waals surface area contributed by atoms with Gasteiger partial charge in [0.15, 0.2) is 11.5 Å². The van der Waals surface area contributed by atoms with Crippen molar-refractivity contribution in [2.45, 2.75) is 6.04 Å². The molecule has 0 saturated carbocycles. The Kier molecular flexibility index (Phi) is 3.80. The number of ketones is 1. The second kappa shape index (κ2) is 5.92. The van der Waals surface area contributed by atoms with Crippen molar-refractivity contribution in [3.63, 3.8) is 0 Å². The number of aromatic nitrogens is 1. The number of rotatable bonds is 4. The summed E-state index contributed by atoms with van der Waals surface area (Å²) in [7, 11) is 1.53. The van der Waals surface area contributed by atoms with Crippen LogP contribution in [0.4, 0.5) is 0 Å². The summed E-state index contributed by atoms with van der Waals surface area (Å²) in [5, 5.41) is 12.6.